The lowest BCUT2D eigenvalue weighted by atomic mass is 9.69. The van der Waals surface area contributed by atoms with E-state index in [1.807, 2.05) is 0 Å². The molecule has 68 valence electrons. The predicted molar refractivity (Wildman–Crippen MR) is 48.5 cm³/mol. The van der Waals surface area contributed by atoms with E-state index in [9.17, 15) is 0 Å². The Labute approximate surface area is 73.7 Å². The molecule has 0 radical (unpaired) electrons. The first-order chi connectivity index (χ1) is 5.61. The fourth-order valence-corrected chi connectivity index (χ4v) is 3.11. The quantitative estimate of drug-likeness (QED) is 0.436. The minimum Gasteiger partial charge on any atom is -0.411 e. The van der Waals surface area contributed by atoms with Crippen LogP contribution in [0.4, 0.5) is 0 Å². The molecule has 0 amide bonds. The molecule has 2 aliphatic rings. The number of hydrogen-bond donors (Lipinski definition) is 1. The Hall–Kier alpha value is -0.530. The molecule has 0 aromatic heterocycles. The highest BCUT2D eigenvalue weighted by molar-refractivity contribution is 5.96. The Morgan fingerprint density at radius 3 is 1.92 bits per heavy atom. The van der Waals surface area contributed by atoms with Gasteiger partial charge in [0.15, 0.2) is 0 Å². The molecule has 12 heavy (non-hydrogen) atoms. The molecule has 0 spiro atoms. The SMILES string of the molecule is C[C@@]12CCC[C@](C)(CC1)C2=NO. The number of nitrogens with zero attached hydrogens (tertiary/aromatic N) is 1. The second-order valence-corrected chi connectivity index (χ2v) is 4.92. The standard InChI is InChI=1S/C10H17NO/c1-9-4-3-5-10(2,7-6-9)8(9)11-12/h12H,3-7H2,1-2H3/t9-,10-/m1/s1. The van der Waals surface area contributed by atoms with Crippen LogP contribution in [0.2, 0.25) is 0 Å². The summed E-state index contributed by atoms with van der Waals surface area (Å²) in [4.78, 5) is 0. The summed E-state index contributed by atoms with van der Waals surface area (Å²) in [6.45, 7) is 4.49. The zero-order valence-electron chi connectivity index (χ0n) is 7.93. The van der Waals surface area contributed by atoms with Crippen molar-refractivity contribution in [3.05, 3.63) is 0 Å². The largest absolute Gasteiger partial charge is 0.411 e. The molecule has 2 fully saturated rings. The van der Waals surface area contributed by atoms with E-state index >= 15 is 0 Å². The van der Waals surface area contributed by atoms with Crippen molar-refractivity contribution in [1.29, 1.82) is 0 Å². The smallest absolute Gasteiger partial charge is 0.0688 e. The third kappa shape index (κ3) is 0.838. The fraction of sp³-hybridized carbons (Fsp3) is 0.900. The minimum atomic E-state index is 0.224. The molecular weight excluding hydrogens is 150 g/mol. The van der Waals surface area contributed by atoms with Crippen molar-refractivity contribution in [2.75, 3.05) is 0 Å². The van der Waals surface area contributed by atoms with Gasteiger partial charge in [-0.2, -0.15) is 0 Å². The first-order valence-electron chi connectivity index (χ1n) is 4.84. The summed E-state index contributed by atoms with van der Waals surface area (Å²) >= 11 is 0. The van der Waals surface area contributed by atoms with E-state index in [1.54, 1.807) is 0 Å². The van der Waals surface area contributed by atoms with E-state index in [1.165, 1.54) is 32.1 Å². The van der Waals surface area contributed by atoms with E-state index in [4.69, 9.17) is 5.21 Å². The molecule has 2 rings (SSSR count). The van der Waals surface area contributed by atoms with Gasteiger partial charge in [0.2, 0.25) is 0 Å². The van der Waals surface area contributed by atoms with Gasteiger partial charge in [-0.3, -0.25) is 0 Å². The highest BCUT2D eigenvalue weighted by atomic mass is 16.4. The average Bonchev–Trinajstić information content (AvgIpc) is 2.14. The summed E-state index contributed by atoms with van der Waals surface area (Å²) in [5.41, 5.74) is 1.52. The topological polar surface area (TPSA) is 32.6 Å². The molecule has 0 saturated heterocycles. The van der Waals surface area contributed by atoms with Crippen LogP contribution in [0.15, 0.2) is 5.16 Å². The lowest BCUT2D eigenvalue weighted by Gasteiger charge is -2.35. The molecule has 2 aliphatic carbocycles. The van der Waals surface area contributed by atoms with Gasteiger partial charge in [-0.15, -0.1) is 0 Å². The number of fused-ring (bicyclic) bond motifs is 2. The maximum atomic E-state index is 8.99. The molecule has 0 aromatic rings. The average molecular weight is 167 g/mol. The highest BCUT2D eigenvalue weighted by Crippen LogP contribution is 2.55. The zero-order valence-corrected chi connectivity index (χ0v) is 7.93. The van der Waals surface area contributed by atoms with E-state index in [0.29, 0.717) is 0 Å². The summed E-state index contributed by atoms with van der Waals surface area (Å²) in [7, 11) is 0. The summed E-state index contributed by atoms with van der Waals surface area (Å²) in [5.74, 6) is 0. The molecule has 2 saturated carbocycles. The lowest BCUT2D eigenvalue weighted by Crippen LogP contribution is -2.36. The van der Waals surface area contributed by atoms with E-state index in [2.05, 4.69) is 19.0 Å². The molecule has 2 heteroatoms. The maximum absolute atomic E-state index is 8.99. The van der Waals surface area contributed by atoms with Crippen LogP contribution in [-0.2, 0) is 0 Å². The molecule has 0 heterocycles. The Kier molecular flexibility index (Phi) is 1.51. The third-order valence-corrected chi connectivity index (χ3v) is 3.93. The molecule has 2 bridgehead atoms. The van der Waals surface area contributed by atoms with Crippen molar-refractivity contribution in [2.24, 2.45) is 16.0 Å². The van der Waals surface area contributed by atoms with Crippen LogP contribution >= 0.6 is 0 Å². The second-order valence-electron chi connectivity index (χ2n) is 4.92. The summed E-state index contributed by atoms with van der Waals surface area (Å²) < 4.78 is 0. The Morgan fingerprint density at radius 2 is 1.58 bits per heavy atom. The van der Waals surface area contributed by atoms with Crippen molar-refractivity contribution in [3.8, 4) is 0 Å². The first kappa shape index (κ1) is 8.09. The van der Waals surface area contributed by atoms with E-state index in [0.717, 1.165) is 5.71 Å². The molecule has 0 aliphatic heterocycles. The monoisotopic (exact) mass is 167 g/mol. The zero-order chi connectivity index (χ0) is 8.82. The van der Waals surface area contributed by atoms with Gasteiger partial charge >= 0.3 is 0 Å². The predicted octanol–water partition coefficient (Wildman–Crippen LogP) is 2.81. The summed E-state index contributed by atoms with van der Waals surface area (Å²) in [6, 6.07) is 0. The Balaban J connectivity index is 2.42. The molecule has 0 aromatic carbocycles. The molecule has 2 atom stereocenters. The second kappa shape index (κ2) is 2.24. The van der Waals surface area contributed by atoms with Gasteiger partial charge in [0.1, 0.15) is 0 Å². The Morgan fingerprint density at radius 1 is 1.08 bits per heavy atom. The number of rotatable bonds is 0. The van der Waals surface area contributed by atoms with Crippen LogP contribution in [0.1, 0.15) is 46.0 Å². The van der Waals surface area contributed by atoms with Crippen LogP contribution in [0.25, 0.3) is 0 Å². The lowest BCUT2D eigenvalue weighted by molar-refractivity contribution is 0.280. The van der Waals surface area contributed by atoms with Gasteiger partial charge in [0.25, 0.3) is 0 Å². The van der Waals surface area contributed by atoms with Crippen molar-refractivity contribution in [1.82, 2.24) is 0 Å². The van der Waals surface area contributed by atoms with Gasteiger partial charge in [-0.25, -0.2) is 0 Å². The van der Waals surface area contributed by atoms with Gasteiger partial charge < -0.3 is 5.21 Å². The molecule has 0 unspecified atom stereocenters. The highest BCUT2D eigenvalue weighted by Gasteiger charge is 2.52. The summed E-state index contributed by atoms with van der Waals surface area (Å²) in [6.07, 6.45) is 6.14. The first-order valence-corrected chi connectivity index (χ1v) is 4.84. The minimum absolute atomic E-state index is 0.224. The Bertz CT molecular complexity index is 216. The van der Waals surface area contributed by atoms with Crippen molar-refractivity contribution in [2.45, 2.75) is 46.0 Å². The normalized spacial score (nSPS) is 46.3. The fourth-order valence-electron chi connectivity index (χ4n) is 3.11. The number of oxime groups is 1. The van der Waals surface area contributed by atoms with E-state index < -0.39 is 0 Å². The maximum Gasteiger partial charge on any atom is 0.0688 e. The van der Waals surface area contributed by atoms with Crippen LogP contribution in [0.3, 0.4) is 0 Å². The van der Waals surface area contributed by atoms with Gasteiger partial charge in [0.05, 0.1) is 5.71 Å². The van der Waals surface area contributed by atoms with E-state index in [-0.39, 0.29) is 10.8 Å². The molecule has 2 nitrogen and oxygen atoms in total. The van der Waals surface area contributed by atoms with Crippen LogP contribution in [0, 0.1) is 10.8 Å². The van der Waals surface area contributed by atoms with Crippen molar-refractivity contribution < 1.29 is 5.21 Å². The molecular formula is C10H17NO. The van der Waals surface area contributed by atoms with Gasteiger partial charge in [-0.05, 0) is 25.7 Å². The summed E-state index contributed by atoms with van der Waals surface area (Å²) in [5, 5.41) is 12.5. The number of hydrogen-bond acceptors (Lipinski definition) is 2. The van der Waals surface area contributed by atoms with Gasteiger partial charge in [0, 0.05) is 10.8 Å². The third-order valence-electron chi connectivity index (χ3n) is 3.93. The van der Waals surface area contributed by atoms with Crippen LogP contribution in [0.5, 0.6) is 0 Å². The molecule has 1 N–H and O–H groups in total. The van der Waals surface area contributed by atoms with Crippen molar-refractivity contribution in [3.63, 3.8) is 0 Å². The van der Waals surface area contributed by atoms with Crippen LogP contribution in [-0.4, -0.2) is 10.9 Å². The van der Waals surface area contributed by atoms with Crippen molar-refractivity contribution >= 4 is 5.71 Å². The van der Waals surface area contributed by atoms with Crippen LogP contribution < -0.4 is 0 Å². The van der Waals surface area contributed by atoms with Gasteiger partial charge in [-0.1, -0.05) is 25.4 Å².